The molecule has 0 aliphatic rings. The molecule has 2 aromatic carbocycles. The second-order valence-electron chi connectivity index (χ2n) is 3.74. The molecule has 1 amide bonds. The van der Waals surface area contributed by atoms with E-state index in [2.05, 4.69) is 5.32 Å². The molecular weight excluding hydrogens is 212 g/mol. The van der Waals surface area contributed by atoms with Crippen LogP contribution in [0, 0.1) is 0 Å². The zero-order valence-electron chi connectivity index (χ0n) is 9.39. The monoisotopic (exact) mass is 226 g/mol. The largest absolute Gasteiger partial charge is 0.381 e. The number of primary amides is 1. The summed E-state index contributed by atoms with van der Waals surface area (Å²) in [5.74, 6) is -0.393. The maximum absolute atomic E-state index is 11.2. The van der Waals surface area contributed by atoms with E-state index in [-0.39, 0.29) is 0 Å². The highest BCUT2D eigenvalue weighted by atomic mass is 16.1. The van der Waals surface area contributed by atoms with E-state index >= 15 is 0 Å². The Labute approximate surface area is 100 Å². The Kier molecular flexibility index (Phi) is 3.40. The number of nitrogens with one attached hydrogen (secondary N) is 1. The van der Waals surface area contributed by atoms with Crippen LogP contribution in [0.25, 0.3) is 0 Å². The first-order valence-corrected chi connectivity index (χ1v) is 5.44. The smallest absolute Gasteiger partial charge is 0.249 e. The fourth-order valence-corrected chi connectivity index (χ4v) is 1.67. The van der Waals surface area contributed by atoms with Gasteiger partial charge in [0.1, 0.15) is 0 Å². The molecule has 0 aliphatic heterocycles. The molecular formula is C14H14N2O. The molecule has 2 rings (SSSR count). The van der Waals surface area contributed by atoms with Gasteiger partial charge in [-0.2, -0.15) is 0 Å². The number of benzene rings is 2. The standard InChI is InChI=1S/C14H14N2O/c15-14(17)13-9-5-4-6-11(13)10-16-12-7-2-1-3-8-12/h1-9,16H,10H2,(H2,15,17). The number of para-hydroxylation sites is 1. The Bertz CT molecular complexity index is 509. The quantitative estimate of drug-likeness (QED) is 0.841. The average molecular weight is 226 g/mol. The van der Waals surface area contributed by atoms with Gasteiger partial charge >= 0.3 is 0 Å². The Morgan fingerprint density at radius 2 is 1.65 bits per heavy atom. The highest BCUT2D eigenvalue weighted by Gasteiger charge is 2.06. The molecule has 0 aromatic heterocycles. The predicted octanol–water partition coefficient (Wildman–Crippen LogP) is 2.40. The van der Waals surface area contributed by atoms with E-state index in [0.29, 0.717) is 12.1 Å². The van der Waals surface area contributed by atoms with Gasteiger partial charge in [-0.15, -0.1) is 0 Å². The van der Waals surface area contributed by atoms with E-state index < -0.39 is 5.91 Å². The van der Waals surface area contributed by atoms with Crippen molar-refractivity contribution in [2.75, 3.05) is 5.32 Å². The molecule has 86 valence electrons. The number of anilines is 1. The van der Waals surface area contributed by atoms with Crippen LogP contribution in [0.4, 0.5) is 5.69 Å². The number of rotatable bonds is 4. The molecule has 0 atom stereocenters. The molecule has 0 heterocycles. The lowest BCUT2D eigenvalue weighted by Gasteiger charge is -2.09. The van der Waals surface area contributed by atoms with Crippen molar-refractivity contribution in [3.8, 4) is 0 Å². The van der Waals surface area contributed by atoms with Crippen LogP contribution in [0.3, 0.4) is 0 Å². The van der Waals surface area contributed by atoms with Crippen molar-refractivity contribution < 1.29 is 4.79 Å². The Balaban J connectivity index is 2.12. The lowest BCUT2D eigenvalue weighted by molar-refractivity contribution is 0.0999. The summed E-state index contributed by atoms with van der Waals surface area (Å²) in [4.78, 5) is 11.2. The van der Waals surface area contributed by atoms with Crippen LogP contribution in [0.1, 0.15) is 15.9 Å². The van der Waals surface area contributed by atoms with Gasteiger partial charge in [0.25, 0.3) is 0 Å². The van der Waals surface area contributed by atoms with E-state index in [9.17, 15) is 4.79 Å². The minimum Gasteiger partial charge on any atom is -0.381 e. The maximum Gasteiger partial charge on any atom is 0.249 e. The van der Waals surface area contributed by atoms with Crippen molar-refractivity contribution in [1.29, 1.82) is 0 Å². The number of carbonyl (C=O) groups is 1. The normalized spacial score (nSPS) is 9.88. The van der Waals surface area contributed by atoms with Gasteiger partial charge < -0.3 is 11.1 Å². The average Bonchev–Trinajstić information content (AvgIpc) is 2.38. The van der Waals surface area contributed by atoms with Crippen LogP contribution in [-0.2, 0) is 6.54 Å². The van der Waals surface area contributed by atoms with Crippen molar-refractivity contribution >= 4 is 11.6 Å². The molecule has 0 spiro atoms. The van der Waals surface area contributed by atoms with Crippen molar-refractivity contribution in [2.24, 2.45) is 5.73 Å². The van der Waals surface area contributed by atoms with Gasteiger partial charge in [-0.1, -0.05) is 36.4 Å². The van der Waals surface area contributed by atoms with E-state index in [1.165, 1.54) is 0 Å². The zero-order chi connectivity index (χ0) is 12.1. The maximum atomic E-state index is 11.2. The molecule has 3 nitrogen and oxygen atoms in total. The van der Waals surface area contributed by atoms with Gasteiger partial charge in [-0.25, -0.2) is 0 Å². The Morgan fingerprint density at radius 1 is 1.00 bits per heavy atom. The summed E-state index contributed by atoms with van der Waals surface area (Å²) in [6.45, 7) is 0.586. The molecule has 3 N–H and O–H groups in total. The SMILES string of the molecule is NC(=O)c1ccccc1CNc1ccccc1. The minimum absolute atomic E-state index is 0.393. The van der Waals surface area contributed by atoms with Crippen LogP contribution in [0.2, 0.25) is 0 Å². The topological polar surface area (TPSA) is 55.1 Å². The molecule has 17 heavy (non-hydrogen) atoms. The van der Waals surface area contributed by atoms with Gasteiger partial charge in [0.15, 0.2) is 0 Å². The fourth-order valence-electron chi connectivity index (χ4n) is 1.67. The molecule has 0 unspecified atom stereocenters. The number of amides is 1. The van der Waals surface area contributed by atoms with Gasteiger partial charge in [0, 0.05) is 17.8 Å². The Hall–Kier alpha value is -2.29. The van der Waals surface area contributed by atoms with Crippen molar-refractivity contribution in [2.45, 2.75) is 6.54 Å². The van der Waals surface area contributed by atoms with Gasteiger partial charge in [0.05, 0.1) is 0 Å². The van der Waals surface area contributed by atoms with E-state index in [1.54, 1.807) is 6.07 Å². The summed E-state index contributed by atoms with van der Waals surface area (Å²) in [6, 6.07) is 17.2. The van der Waals surface area contributed by atoms with Crippen molar-refractivity contribution in [3.05, 3.63) is 65.7 Å². The predicted molar refractivity (Wildman–Crippen MR) is 68.7 cm³/mol. The lowest BCUT2D eigenvalue weighted by atomic mass is 10.1. The van der Waals surface area contributed by atoms with Crippen LogP contribution < -0.4 is 11.1 Å². The molecule has 0 bridgehead atoms. The van der Waals surface area contributed by atoms with Crippen LogP contribution in [0.5, 0.6) is 0 Å². The van der Waals surface area contributed by atoms with Gasteiger partial charge in [-0.3, -0.25) is 4.79 Å². The third-order valence-corrected chi connectivity index (χ3v) is 2.54. The number of carbonyl (C=O) groups excluding carboxylic acids is 1. The number of nitrogens with two attached hydrogens (primary N) is 1. The summed E-state index contributed by atoms with van der Waals surface area (Å²) in [7, 11) is 0. The molecule has 0 saturated heterocycles. The summed E-state index contributed by atoms with van der Waals surface area (Å²) < 4.78 is 0. The molecule has 0 saturated carbocycles. The second-order valence-corrected chi connectivity index (χ2v) is 3.74. The first-order valence-electron chi connectivity index (χ1n) is 5.44. The van der Waals surface area contributed by atoms with Gasteiger partial charge in [-0.05, 0) is 23.8 Å². The van der Waals surface area contributed by atoms with Crippen LogP contribution >= 0.6 is 0 Å². The van der Waals surface area contributed by atoms with E-state index in [1.807, 2.05) is 48.5 Å². The highest BCUT2D eigenvalue weighted by molar-refractivity contribution is 5.94. The molecule has 0 aliphatic carbocycles. The third kappa shape index (κ3) is 2.84. The zero-order valence-corrected chi connectivity index (χ0v) is 9.39. The summed E-state index contributed by atoms with van der Waals surface area (Å²) in [6.07, 6.45) is 0. The molecule has 2 aromatic rings. The van der Waals surface area contributed by atoms with Gasteiger partial charge in [0.2, 0.25) is 5.91 Å². The first kappa shape index (κ1) is 11.2. The highest BCUT2D eigenvalue weighted by Crippen LogP contribution is 2.12. The van der Waals surface area contributed by atoms with E-state index in [0.717, 1.165) is 11.3 Å². The number of hydrogen-bond donors (Lipinski definition) is 2. The van der Waals surface area contributed by atoms with E-state index in [4.69, 9.17) is 5.73 Å². The van der Waals surface area contributed by atoms with Crippen molar-refractivity contribution in [1.82, 2.24) is 0 Å². The van der Waals surface area contributed by atoms with Crippen LogP contribution in [-0.4, -0.2) is 5.91 Å². The lowest BCUT2D eigenvalue weighted by Crippen LogP contribution is -2.15. The molecule has 3 heteroatoms. The third-order valence-electron chi connectivity index (χ3n) is 2.54. The number of hydrogen-bond acceptors (Lipinski definition) is 2. The Morgan fingerprint density at radius 3 is 2.35 bits per heavy atom. The molecule has 0 radical (unpaired) electrons. The summed E-state index contributed by atoms with van der Waals surface area (Å²) in [5.41, 5.74) is 7.81. The molecule has 0 fully saturated rings. The second kappa shape index (κ2) is 5.16. The van der Waals surface area contributed by atoms with Crippen molar-refractivity contribution in [3.63, 3.8) is 0 Å². The van der Waals surface area contributed by atoms with Crippen LogP contribution in [0.15, 0.2) is 54.6 Å². The summed E-state index contributed by atoms with van der Waals surface area (Å²) in [5, 5.41) is 3.25. The first-order chi connectivity index (χ1) is 8.27. The summed E-state index contributed by atoms with van der Waals surface area (Å²) >= 11 is 0. The fraction of sp³-hybridized carbons (Fsp3) is 0.0714. The minimum atomic E-state index is -0.393.